The van der Waals surface area contributed by atoms with Crippen LogP contribution in [0.2, 0.25) is 0 Å². The van der Waals surface area contributed by atoms with Crippen LogP contribution in [-0.2, 0) is 9.53 Å². The monoisotopic (exact) mass is 287 g/mol. The molecule has 2 atom stereocenters. The van der Waals surface area contributed by atoms with Crippen molar-refractivity contribution in [1.82, 2.24) is 5.32 Å². The molecule has 21 heavy (non-hydrogen) atoms. The Labute approximate surface area is 125 Å². The van der Waals surface area contributed by atoms with Crippen molar-refractivity contribution in [3.8, 4) is 0 Å². The molecule has 2 rings (SSSR count). The molecule has 0 aliphatic rings. The Morgan fingerprint density at radius 1 is 1.24 bits per heavy atom. The van der Waals surface area contributed by atoms with Crippen LogP contribution >= 0.6 is 0 Å². The second kappa shape index (κ2) is 7.64. The lowest BCUT2D eigenvalue weighted by atomic mass is 9.95. The van der Waals surface area contributed by atoms with Crippen molar-refractivity contribution in [3.05, 3.63) is 60.1 Å². The van der Waals surface area contributed by atoms with Crippen LogP contribution in [0.4, 0.5) is 0 Å². The van der Waals surface area contributed by atoms with Gasteiger partial charge in [-0.15, -0.1) is 0 Å². The summed E-state index contributed by atoms with van der Waals surface area (Å²) < 4.78 is 10.7. The minimum atomic E-state index is -0.266. The van der Waals surface area contributed by atoms with E-state index in [1.807, 2.05) is 49.4 Å². The molecule has 1 amide bonds. The smallest absolute Gasteiger partial charge is 0.227 e. The summed E-state index contributed by atoms with van der Waals surface area (Å²) in [5, 5.41) is 2.95. The molecule has 4 nitrogen and oxygen atoms in total. The summed E-state index contributed by atoms with van der Waals surface area (Å²) in [4.78, 5) is 12.4. The number of ether oxygens (including phenoxy) is 1. The molecule has 0 radical (unpaired) electrons. The summed E-state index contributed by atoms with van der Waals surface area (Å²) in [5.41, 5.74) is 1.03. The third-order valence-electron chi connectivity index (χ3n) is 3.53. The zero-order valence-electron chi connectivity index (χ0n) is 12.4. The first-order valence-electron chi connectivity index (χ1n) is 7.15. The number of rotatable bonds is 7. The number of carbonyl (C=O) groups is 1. The highest BCUT2D eigenvalue weighted by Crippen LogP contribution is 2.20. The van der Waals surface area contributed by atoms with Gasteiger partial charge >= 0.3 is 0 Å². The van der Waals surface area contributed by atoms with Gasteiger partial charge in [0.25, 0.3) is 0 Å². The first-order valence-corrected chi connectivity index (χ1v) is 7.15. The number of benzene rings is 1. The number of furan rings is 1. The van der Waals surface area contributed by atoms with Crippen LogP contribution in [0.15, 0.2) is 53.1 Å². The van der Waals surface area contributed by atoms with Gasteiger partial charge < -0.3 is 14.5 Å². The van der Waals surface area contributed by atoms with Crippen molar-refractivity contribution in [3.63, 3.8) is 0 Å². The first kappa shape index (κ1) is 15.3. The third-order valence-corrected chi connectivity index (χ3v) is 3.53. The number of hydrogen-bond donors (Lipinski definition) is 1. The molecule has 0 unspecified atom stereocenters. The van der Waals surface area contributed by atoms with E-state index >= 15 is 0 Å². The van der Waals surface area contributed by atoms with Gasteiger partial charge in [-0.05, 0) is 24.1 Å². The molecule has 1 heterocycles. The summed E-state index contributed by atoms with van der Waals surface area (Å²) in [6.45, 7) is 2.41. The topological polar surface area (TPSA) is 51.5 Å². The molecule has 4 heteroatoms. The lowest BCUT2D eigenvalue weighted by Gasteiger charge is -2.18. The Morgan fingerprint density at radius 2 is 2.00 bits per heavy atom. The van der Waals surface area contributed by atoms with Gasteiger partial charge in [0.1, 0.15) is 11.9 Å². The standard InChI is InChI=1S/C17H21NO3/c1-3-14(13-8-5-4-6-9-13)17(19)18-12-16(20-2)15-10-7-11-21-15/h4-11,14,16H,3,12H2,1-2H3,(H,18,19)/t14-,16-/m0/s1. The molecule has 0 bridgehead atoms. The Balaban J connectivity index is 1.97. The lowest BCUT2D eigenvalue weighted by Crippen LogP contribution is -2.33. The van der Waals surface area contributed by atoms with E-state index in [9.17, 15) is 4.79 Å². The molecule has 0 saturated carbocycles. The van der Waals surface area contributed by atoms with E-state index < -0.39 is 0 Å². The van der Waals surface area contributed by atoms with E-state index in [0.717, 1.165) is 12.0 Å². The molecule has 0 spiro atoms. The zero-order valence-corrected chi connectivity index (χ0v) is 12.4. The molecular formula is C17H21NO3. The molecule has 0 fully saturated rings. The van der Waals surface area contributed by atoms with Crippen LogP contribution in [-0.4, -0.2) is 19.6 Å². The average molecular weight is 287 g/mol. The van der Waals surface area contributed by atoms with E-state index in [4.69, 9.17) is 9.15 Å². The van der Waals surface area contributed by atoms with Crippen LogP contribution in [0.3, 0.4) is 0 Å². The minimum Gasteiger partial charge on any atom is -0.467 e. The average Bonchev–Trinajstić information content (AvgIpc) is 3.04. The van der Waals surface area contributed by atoms with Gasteiger partial charge in [0, 0.05) is 7.11 Å². The molecule has 0 saturated heterocycles. The molecule has 112 valence electrons. The highest BCUT2D eigenvalue weighted by Gasteiger charge is 2.20. The van der Waals surface area contributed by atoms with Crippen molar-refractivity contribution in [1.29, 1.82) is 0 Å². The second-order valence-corrected chi connectivity index (χ2v) is 4.86. The SMILES string of the molecule is CC[C@H](C(=O)NC[C@H](OC)c1ccco1)c1ccccc1. The first-order chi connectivity index (χ1) is 10.3. The van der Waals surface area contributed by atoms with Crippen molar-refractivity contribution in [2.24, 2.45) is 0 Å². The predicted molar refractivity (Wildman–Crippen MR) is 80.9 cm³/mol. The van der Waals surface area contributed by atoms with E-state index in [0.29, 0.717) is 12.3 Å². The van der Waals surface area contributed by atoms with Crippen LogP contribution in [0.25, 0.3) is 0 Å². The molecule has 1 aromatic heterocycles. The van der Waals surface area contributed by atoms with Crippen LogP contribution < -0.4 is 5.32 Å². The summed E-state index contributed by atoms with van der Waals surface area (Å²) in [6.07, 6.45) is 2.09. The number of hydrogen-bond acceptors (Lipinski definition) is 3. The Bertz CT molecular complexity index is 536. The molecule has 2 aromatic rings. The van der Waals surface area contributed by atoms with Crippen LogP contribution in [0.5, 0.6) is 0 Å². The number of methoxy groups -OCH3 is 1. The minimum absolute atomic E-state index is 0.0114. The van der Waals surface area contributed by atoms with Crippen LogP contribution in [0.1, 0.15) is 36.7 Å². The molecule has 0 aliphatic carbocycles. The highest BCUT2D eigenvalue weighted by molar-refractivity contribution is 5.83. The van der Waals surface area contributed by atoms with Gasteiger partial charge in [-0.1, -0.05) is 37.3 Å². The van der Waals surface area contributed by atoms with E-state index in [1.165, 1.54) is 0 Å². The molecule has 0 aliphatic heterocycles. The fourth-order valence-electron chi connectivity index (χ4n) is 2.35. The Kier molecular flexibility index (Phi) is 5.58. The van der Waals surface area contributed by atoms with Crippen molar-refractivity contribution in [2.45, 2.75) is 25.4 Å². The summed E-state index contributed by atoms with van der Waals surface area (Å²) in [5.74, 6) is 0.586. The maximum atomic E-state index is 12.4. The fraction of sp³-hybridized carbons (Fsp3) is 0.353. The molecular weight excluding hydrogens is 266 g/mol. The Hall–Kier alpha value is -2.07. The van der Waals surface area contributed by atoms with Gasteiger partial charge in [-0.3, -0.25) is 4.79 Å². The predicted octanol–water partition coefficient (Wildman–Crippen LogP) is 3.28. The summed E-state index contributed by atoms with van der Waals surface area (Å²) in [7, 11) is 1.61. The maximum Gasteiger partial charge on any atom is 0.227 e. The van der Waals surface area contributed by atoms with E-state index in [2.05, 4.69) is 5.32 Å². The third kappa shape index (κ3) is 3.95. The second-order valence-electron chi connectivity index (χ2n) is 4.86. The highest BCUT2D eigenvalue weighted by atomic mass is 16.5. The molecule has 1 aromatic carbocycles. The maximum absolute atomic E-state index is 12.4. The van der Waals surface area contributed by atoms with Crippen molar-refractivity contribution in [2.75, 3.05) is 13.7 Å². The van der Waals surface area contributed by atoms with Gasteiger partial charge in [0.05, 0.1) is 18.7 Å². The largest absolute Gasteiger partial charge is 0.467 e. The van der Waals surface area contributed by atoms with Gasteiger partial charge in [0.15, 0.2) is 0 Å². The quantitative estimate of drug-likeness (QED) is 0.850. The fourth-order valence-corrected chi connectivity index (χ4v) is 2.35. The van der Waals surface area contributed by atoms with Gasteiger partial charge in [-0.2, -0.15) is 0 Å². The summed E-state index contributed by atoms with van der Waals surface area (Å²) in [6, 6.07) is 13.5. The lowest BCUT2D eigenvalue weighted by molar-refractivity contribution is -0.123. The number of carbonyl (C=O) groups excluding carboxylic acids is 1. The van der Waals surface area contributed by atoms with Gasteiger partial charge in [0.2, 0.25) is 5.91 Å². The van der Waals surface area contributed by atoms with Crippen molar-refractivity contribution >= 4 is 5.91 Å². The zero-order chi connectivity index (χ0) is 15.1. The Morgan fingerprint density at radius 3 is 2.57 bits per heavy atom. The molecule has 1 N–H and O–H groups in total. The number of nitrogens with one attached hydrogen (secondary N) is 1. The van der Waals surface area contributed by atoms with Crippen molar-refractivity contribution < 1.29 is 13.9 Å². The number of amides is 1. The van der Waals surface area contributed by atoms with Gasteiger partial charge in [-0.25, -0.2) is 0 Å². The van der Waals surface area contributed by atoms with Crippen LogP contribution in [0, 0.1) is 0 Å². The summed E-state index contributed by atoms with van der Waals surface area (Å²) >= 11 is 0. The normalized spacial score (nSPS) is 13.6. The van der Waals surface area contributed by atoms with E-state index in [1.54, 1.807) is 13.4 Å². The van der Waals surface area contributed by atoms with E-state index in [-0.39, 0.29) is 17.9 Å².